The van der Waals surface area contributed by atoms with Gasteiger partial charge in [-0.3, -0.25) is 5.41 Å². The summed E-state index contributed by atoms with van der Waals surface area (Å²) in [6, 6.07) is 0. The van der Waals surface area contributed by atoms with Crippen molar-refractivity contribution in [2.45, 2.75) is 26.3 Å². The lowest BCUT2D eigenvalue weighted by molar-refractivity contribution is 0.264. The predicted octanol–water partition coefficient (Wildman–Crippen LogP) is 1.63. The van der Waals surface area contributed by atoms with Crippen molar-refractivity contribution in [1.29, 1.82) is 5.41 Å². The molecule has 10 heavy (non-hydrogen) atoms. The molecule has 0 radical (unpaired) electrons. The smallest absolute Gasteiger partial charge is 0.121 e. The van der Waals surface area contributed by atoms with Crippen molar-refractivity contribution in [3.63, 3.8) is 0 Å². The second kappa shape index (κ2) is 2.11. The van der Waals surface area contributed by atoms with Crippen LogP contribution in [0.15, 0.2) is 12.2 Å². The Hall–Kier alpha value is -0.790. The zero-order valence-corrected chi connectivity index (χ0v) is 6.81. The molecule has 2 nitrogen and oxygen atoms in total. The SMILES string of the molecule is CC(C)(C)N1CC=CC1=N. The molecule has 2 heteroatoms. The van der Waals surface area contributed by atoms with Crippen LogP contribution < -0.4 is 0 Å². The van der Waals surface area contributed by atoms with Gasteiger partial charge < -0.3 is 4.90 Å². The maximum absolute atomic E-state index is 7.50. The molecule has 0 spiro atoms. The standard InChI is InChI=1S/C8H14N2/c1-8(2,3)10-6-4-5-7(10)9/h4-5,9H,6H2,1-3H3. The number of amidine groups is 1. The Labute approximate surface area is 62.0 Å². The first-order valence-corrected chi connectivity index (χ1v) is 3.54. The van der Waals surface area contributed by atoms with Gasteiger partial charge in [0.05, 0.1) is 0 Å². The molecule has 1 heterocycles. The number of rotatable bonds is 0. The summed E-state index contributed by atoms with van der Waals surface area (Å²) < 4.78 is 0. The minimum atomic E-state index is 0.0978. The quantitative estimate of drug-likeness (QED) is 0.541. The van der Waals surface area contributed by atoms with Crippen molar-refractivity contribution in [3.8, 4) is 0 Å². The van der Waals surface area contributed by atoms with Crippen LogP contribution in [-0.4, -0.2) is 22.8 Å². The fourth-order valence-electron chi connectivity index (χ4n) is 1.09. The van der Waals surface area contributed by atoms with Crippen LogP contribution in [-0.2, 0) is 0 Å². The third-order valence-corrected chi connectivity index (χ3v) is 1.66. The Morgan fingerprint density at radius 1 is 1.50 bits per heavy atom. The summed E-state index contributed by atoms with van der Waals surface area (Å²) in [5, 5.41) is 7.50. The minimum Gasteiger partial charge on any atom is -0.349 e. The van der Waals surface area contributed by atoms with Gasteiger partial charge in [-0.05, 0) is 26.8 Å². The van der Waals surface area contributed by atoms with Gasteiger partial charge in [-0.25, -0.2) is 0 Å². The lowest BCUT2D eigenvalue weighted by Gasteiger charge is -2.33. The number of nitrogens with zero attached hydrogens (tertiary/aromatic N) is 1. The number of nitrogens with one attached hydrogen (secondary N) is 1. The molecule has 1 aliphatic heterocycles. The zero-order chi connectivity index (χ0) is 7.78. The van der Waals surface area contributed by atoms with Crippen LogP contribution in [0.4, 0.5) is 0 Å². The van der Waals surface area contributed by atoms with Gasteiger partial charge in [0, 0.05) is 12.1 Å². The van der Waals surface area contributed by atoms with E-state index in [0.29, 0.717) is 5.84 Å². The molecule has 0 saturated carbocycles. The Bertz CT molecular complexity index is 174. The average molecular weight is 138 g/mol. The molecule has 0 atom stereocenters. The van der Waals surface area contributed by atoms with Gasteiger partial charge in [-0.2, -0.15) is 0 Å². The van der Waals surface area contributed by atoms with E-state index in [-0.39, 0.29) is 5.54 Å². The van der Waals surface area contributed by atoms with Gasteiger partial charge in [-0.15, -0.1) is 0 Å². The summed E-state index contributed by atoms with van der Waals surface area (Å²) in [6.07, 6.45) is 3.87. The molecule has 0 amide bonds. The van der Waals surface area contributed by atoms with Crippen LogP contribution in [0.5, 0.6) is 0 Å². The highest BCUT2D eigenvalue weighted by Crippen LogP contribution is 2.16. The molecule has 0 fully saturated rings. The first-order valence-electron chi connectivity index (χ1n) is 3.54. The minimum absolute atomic E-state index is 0.0978. The normalized spacial score (nSPS) is 18.7. The van der Waals surface area contributed by atoms with Crippen LogP contribution in [0.25, 0.3) is 0 Å². The molecule has 0 unspecified atom stereocenters. The van der Waals surface area contributed by atoms with Gasteiger partial charge in [0.25, 0.3) is 0 Å². The molecule has 1 N–H and O–H groups in total. The fourth-order valence-corrected chi connectivity index (χ4v) is 1.09. The first kappa shape index (κ1) is 7.32. The second-order valence-electron chi connectivity index (χ2n) is 3.57. The Kier molecular flexibility index (Phi) is 1.55. The van der Waals surface area contributed by atoms with Crippen LogP contribution in [0, 0.1) is 5.41 Å². The van der Waals surface area contributed by atoms with Gasteiger partial charge in [-0.1, -0.05) is 6.08 Å². The topological polar surface area (TPSA) is 27.1 Å². The molecule has 0 aromatic rings. The largest absolute Gasteiger partial charge is 0.349 e. The molecule has 56 valence electrons. The monoisotopic (exact) mass is 138 g/mol. The fraction of sp³-hybridized carbons (Fsp3) is 0.625. The highest BCUT2D eigenvalue weighted by molar-refractivity contribution is 5.92. The van der Waals surface area contributed by atoms with E-state index in [2.05, 4.69) is 25.7 Å². The first-order chi connectivity index (χ1) is 4.52. The lowest BCUT2D eigenvalue weighted by Crippen LogP contribution is -2.42. The van der Waals surface area contributed by atoms with E-state index in [4.69, 9.17) is 5.41 Å². The average Bonchev–Trinajstić information content (AvgIpc) is 2.11. The summed E-state index contributed by atoms with van der Waals surface area (Å²) in [5.41, 5.74) is 0.0978. The molecule has 0 aromatic heterocycles. The van der Waals surface area contributed by atoms with E-state index in [1.807, 2.05) is 12.2 Å². The number of hydrogen-bond donors (Lipinski definition) is 1. The van der Waals surface area contributed by atoms with E-state index in [0.717, 1.165) is 6.54 Å². The molecule has 0 aromatic carbocycles. The molecule has 0 saturated heterocycles. The van der Waals surface area contributed by atoms with Crippen LogP contribution in [0.2, 0.25) is 0 Å². The zero-order valence-electron chi connectivity index (χ0n) is 6.81. The van der Waals surface area contributed by atoms with Gasteiger partial charge in [0.15, 0.2) is 0 Å². The second-order valence-corrected chi connectivity index (χ2v) is 3.57. The summed E-state index contributed by atoms with van der Waals surface area (Å²) >= 11 is 0. The van der Waals surface area contributed by atoms with Crippen LogP contribution in [0.3, 0.4) is 0 Å². The molecule has 1 rings (SSSR count). The molecule has 0 bridgehead atoms. The van der Waals surface area contributed by atoms with Crippen LogP contribution >= 0.6 is 0 Å². The molecular weight excluding hydrogens is 124 g/mol. The summed E-state index contributed by atoms with van der Waals surface area (Å²) in [4.78, 5) is 2.06. The van der Waals surface area contributed by atoms with Crippen molar-refractivity contribution in [3.05, 3.63) is 12.2 Å². The molecule has 0 aliphatic carbocycles. The number of hydrogen-bond acceptors (Lipinski definition) is 1. The Morgan fingerprint density at radius 3 is 2.30 bits per heavy atom. The maximum atomic E-state index is 7.50. The predicted molar refractivity (Wildman–Crippen MR) is 43.3 cm³/mol. The van der Waals surface area contributed by atoms with Gasteiger partial charge in [0.2, 0.25) is 0 Å². The van der Waals surface area contributed by atoms with Gasteiger partial charge >= 0.3 is 0 Å². The van der Waals surface area contributed by atoms with E-state index >= 15 is 0 Å². The third kappa shape index (κ3) is 1.20. The molecular formula is C8H14N2. The Morgan fingerprint density at radius 2 is 2.10 bits per heavy atom. The van der Waals surface area contributed by atoms with Crippen molar-refractivity contribution >= 4 is 5.84 Å². The van der Waals surface area contributed by atoms with Crippen molar-refractivity contribution in [2.75, 3.05) is 6.54 Å². The van der Waals surface area contributed by atoms with E-state index in [1.165, 1.54) is 0 Å². The van der Waals surface area contributed by atoms with Gasteiger partial charge in [0.1, 0.15) is 5.84 Å². The third-order valence-electron chi connectivity index (χ3n) is 1.66. The van der Waals surface area contributed by atoms with E-state index < -0.39 is 0 Å². The molecule has 1 aliphatic rings. The van der Waals surface area contributed by atoms with Crippen molar-refractivity contribution in [2.24, 2.45) is 0 Å². The van der Waals surface area contributed by atoms with Crippen LogP contribution in [0.1, 0.15) is 20.8 Å². The summed E-state index contributed by atoms with van der Waals surface area (Å²) in [6.45, 7) is 7.25. The summed E-state index contributed by atoms with van der Waals surface area (Å²) in [5.74, 6) is 0.632. The Balaban J connectivity index is 2.69. The maximum Gasteiger partial charge on any atom is 0.121 e. The van der Waals surface area contributed by atoms with Crippen molar-refractivity contribution < 1.29 is 0 Å². The summed E-state index contributed by atoms with van der Waals surface area (Å²) in [7, 11) is 0. The van der Waals surface area contributed by atoms with Crippen molar-refractivity contribution in [1.82, 2.24) is 4.90 Å². The van der Waals surface area contributed by atoms with E-state index in [9.17, 15) is 0 Å². The lowest BCUT2D eigenvalue weighted by atomic mass is 10.1. The van der Waals surface area contributed by atoms with E-state index in [1.54, 1.807) is 0 Å². The highest BCUT2D eigenvalue weighted by Gasteiger charge is 2.23. The highest BCUT2D eigenvalue weighted by atomic mass is 15.2.